The first kappa shape index (κ1) is 47.7. The molecule has 13 heteroatoms. The largest absolute Gasteiger partial charge is 4.00 e. The van der Waals surface area contributed by atoms with E-state index in [2.05, 4.69) is 9.47 Å². The number of aliphatic carboxylic acids is 2. The van der Waals surface area contributed by atoms with Gasteiger partial charge in [-0.05, 0) is 53.6 Å². The minimum absolute atomic E-state index is 0. The van der Waals surface area contributed by atoms with Crippen LogP contribution in [0.2, 0.25) is 0 Å². The van der Waals surface area contributed by atoms with Crippen molar-refractivity contribution in [3.63, 3.8) is 0 Å². The molecule has 0 aliphatic heterocycles. The van der Waals surface area contributed by atoms with E-state index in [1.165, 1.54) is 0 Å². The second-order valence-corrected chi connectivity index (χ2v) is 5.64. The molecule has 0 unspecified atom stereocenters. The van der Waals surface area contributed by atoms with Gasteiger partial charge in [0.2, 0.25) is 0 Å². The zero-order valence-corrected chi connectivity index (χ0v) is 22.7. The van der Waals surface area contributed by atoms with E-state index in [0.29, 0.717) is 0 Å². The Morgan fingerprint density at radius 2 is 0.871 bits per heavy atom. The van der Waals surface area contributed by atoms with Crippen molar-refractivity contribution in [1.82, 2.24) is 0 Å². The Labute approximate surface area is 212 Å². The minimum atomic E-state index is -1.23. The molecular weight excluding hydrogens is 638 g/mol. The maximum atomic E-state index is 10.6. The van der Waals surface area contributed by atoms with E-state index in [0.717, 1.165) is 13.1 Å². The average Bonchev–Trinajstić information content (AvgIpc) is 2.52. The van der Waals surface area contributed by atoms with Crippen molar-refractivity contribution in [2.24, 2.45) is 11.5 Å². The van der Waals surface area contributed by atoms with Gasteiger partial charge in [-0.25, -0.2) is 0 Å². The van der Waals surface area contributed by atoms with Gasteiger partial charge in [-0.15, -0.1) is 0 Å². The number of rotatable bonds is 8. The van der Waals surface area contributed by atoms with E-state index in [1.807, 2.05) is 13.8 Å². The SMILES string of the molecule is CC(C)OC(=O)CCC(=O)[O-].CC(C)OC(=O)CCC(=O)[O-].CCN.CCN.[Cl-].[Cl-].[Pt+4]. The Morgan fingerprint density at radius 3 is 1.00 bits per heavy atom. The first-order valence-electron chi connectivity index (χ1n) is 9.06. The Kier molecular flexibility index (Phi) is 56.1. The van der Waals surface area contributed by atoms with Crippen LogP contribution in [0.3, 0.4) is 0 Å². The number of carbonyl (C=O) groups excluding carboxylic acids is 4. The smallest absolute Gasteiger partial charge is 1.00 e. The van der Waals surface area contributed by atoms with Gasteiger partial charge in [0.1, 0.15) is 0 Å². The molecule has 0 rings (SSSR count). The summed E-state index contributed by atoms with van der Waals surface area (Å²) in [5.41, 5.74) is 9.69. The van der Waals surface area contributed by atoms with Crippen LogP contribution in [0.15, 0.2) is 0 Å². The zero-order chi connectivity index (χ0) is 23.1. The molecule has 0 spiro atoms. The molecular formula is C18H36Cl2N2O8Pt. The summed E-state index contributed by atoms with van der Waals surface area (Å²) in [7, 11) is 0. The Balaban J connectivity index is -0.0000000549. The molecule has 0 saturated carbocycles. The molecule has 0 aromatic carbocycles. The molecule has 0 fully saturated rings. The molecule has 0 radical (unpaired) electrons. The Bertz CT molecular complexity index is 391. The fourth-order valence-electron chi connectivity index (χ4n) is 1.05. The number of esters is 2. The Morgan fingerprint density at radius 1 is 0.677 bits per heavy atom. The van der Waals surface area contributed by atoms with Crippen LogP contribution in [0.5, 0.6) is 0 Å². The number of halogens is 2. The minimum Gasteiger partial charge on any atom is -1.00 e. The van der Waals surface area contributed by atoms with E-state index in [9.17, 15) is 29.4 Å². The molecule has 0 atom stereocenters. The predicted molar refractivity (Wildman–Crippen MR) is 100 cm³/mol. The fraction of sp³-hybridized carbons (Fsp3) is 0.778. The summed E-state index contributed by atoms with van der Waals surface area (Å²) in [5.74, 6) is -3.45. The quantitative estimate of drug-likeness (QED) is 0.235. The predicted octanol–water partition coefficient (Wildman–Crippen LogP) is -7.13. The van der Waals surface area contributed by atoms with Crippen LogP contribution in [0.25, 0.3) is 0 Å². The van der Waals surface area contributed by atoms with Crippen LogP contribution >= 0.6 is 0 Å². The monoisotopic (exact) mass is 673 g/mol. The van der Waals surface area contributed by atoms with Gasteiger partial charge in [-0.1, -0.05) is 13.8 Å². The molecule has 0 heterocycles. The molecule has 10 nitrogen and oxygen atoms in total. The van der Waals surface area contributed by atoms with Crippen LogP contribution in [-0.2, 0) is 49.7 Å². The summed E-state index contributed by atoms with van der Waals surface area (Å²) < 4.78 is 9.34. The van der Waals surface area contributed by atoms with Gasteiger partial charge in [0, 0.05) is 11.9 Å². The third-order valence-corrected chi connectivity index (χ3v) is 1.80. The number of ether oxygens (including phenoxy) is 2. The standard InChI is InChI=1S/2C7H12O4.2C2H7N.2ClH.Pt/c2*1-5(2)11-7(10)4-3-6(8)9;2*1-2-3;;;/h2*5H,3-4H2,1-2H3,(H,8,9);2*2-3H2,1H3;2*1H;/q;;;;;;+4/p-4. The average molecular weight is 674 g/mol. The molecule has 0 aliphatic carbocycles. The fourth-order valence-corrected chi connectivity index (χ4v) is 1.05. The summed E-state index contributed by atoms with van der Waals surface area (Å²) in [4.78, 5) is 41.0. The summed E-state index contributed by atoms with van der Waals surface area (Å²) in [6.45, 7) is 12.1. The van der Waals surface area contributed by atoms with Crippen molar-refractivity contribution >= 4 is 23.9 Å². The third-order valence-electron chi connectivity index (χ3n) is 1.80. The molecule has 0 amide bonds. The maximum Gasteiger partial charge on any atom is 4.00 e. The van der Waals surface area contributed by atoms with Gasteiger partial charge in [-0.2, -0.15) is 0 Å². The van der Waals surface area contributed by atoms with Crippen LogP contribution in [0.4, 0.5) is 0 Å². The topological polar surface area (TPSA) is 185 Å². The van der Waals surface area contributed by atoms with Gasteiger partial charge in [-0.3, -0.25) is 9.59 Å². The molecule has 0 aliphatic rings. The number of carboxylic acid groups (broad SMARTS) is 2. The number of carbonyl (C=O) groups is 4. The van der Waals surface area contributed by atoms with Gasteiger partial charge < -0.3 is 65.6 Å². The van der Waals surface area contributed by atoms with E-state index in [1.54, 1.807) is 27.7 Å². The summed E-state index contributed by atoms with van der Waals surface area (Å²) >= 11 is 0. The van der Waals surface area contributed by atoms with Crippen molar-refractivity contribution in [2.45, 2.75) is 79.4 Å². The summed E-state index contributed by atoms with van der Waals surface area (Å²) in [6.07, 6.45) is -1.15. The van der Waals surface area contributed by atoms with Gasteiger partial charge in [0.15, 0.2) is 0 Å². The molecule has 0 saturated heterocycles. The number of carboxylic acids is 2. The Hall–Kier alpha value is -0.932. The molecule has 190 valence electrons. The second-order valence-electron chi connectivity index (χ2n) is 5.64. The molecule has 31 heavy (non-hydrogen) atoms. The number of hydrogen-bond acceptors (Lipinski definition) is 10. The van der Waals surface area contributed by atoms with Gasteiger partial charge in [0.25, 0.3) is 0 Å². The molecule has 0 aromatic rings. The second kappa shape index (κ2) is 36.4. The number of hydrogen-bond donors (Lipinski definition) is 2. The molecule has 4 N–H and O–H groups in total. The summed E-state index contributed by atoms with van der Waals surface area (Å²) in [6, 6.07) is 0. The van der Waals surface area contributed by atoms with Crippen LogP contribution in [-0.4, -0.2) is 49.2 Å². The number of nitrogens with two attached hydrogens (primary N) is 2. The van der Waals surface area contributed by atoms with Crippen LogP contribution < -0.4 is 46.5 Å². The maximum absolute atomic E-state index is 10.6. The van der Waals surface area contributed by atoms with Crippen molar-refractivity contribution in [2.75, 3.05) is 13.1 Å². The van der Waals surface area contributed by atoms with Gasteiger partial charge >= 0.3 is 33.0 Å². The van der Waals surface area contributed by atoms with Crippen molar-refractivity contribution in [1.29, 1.82) is 0 Å². The van der Waals surface area contributed by atoms with Crippen molar-refractivity contribution < 1.29 is 84.7 Å². The first-order valence-corrected chi connectivity index (χ1v) is 9.06. The van der Waals surface area contributed by atoms with E-state index in [-0.39, 0.29) is 83.8 Å². The van der Waals surface area contributed by atoms with Crippen molar-refractivity contribution in [3.8, 4) is 0 Å². The van der Waals surface area contributed by atoms with Crippen LogP contribution in [0, 0.1) is 0 Å². The van der Waals surface area contributed by atoms with E-state index < -0.39 is 23.9 Å². The first-order chi connectivity index (χ1) is 12.9. The van der Waals surface area contributed by atoms with E-state index >= 15 is 0 Å². The normalized spacial score (nSPS) is 8.06. The van der Waals surface area contributed by atoms with Crippen molar-refractivity contribution in [3.05, 3.63) is 0 Å². The molecule has 0 bridgehead atoms. The van der Waals surface area contributed by atoms with Crippen LogP contribution in [0.1, 0.15) is 67.2 Å². The summed E-state index contributed by atoms with van der Waals surface area (Å²) in [5, 5.41) is 19.7. The zero-order valence-electron chi connectivity index (χ0n) is 18.9. The molecule has 0 aromatic heterocycles. The van der Waals surface area contributed by atoms with E-state index in [4.69, 9.17) is 11.5 Å². The third kappa shape index (κ3) is 73.1. The van der Waals surface area contributed by atoms with Gasteiger partial charge in [0.05, 0.1) is 25.0 Å².